The van der Waals surface area contributed by atoms with Crippen molar-refractivity contribution in [1.29, 1.82) is 0 Å². The summed E-state index contributed by atoms with van der Waals surface area (Å²) in [6.07, 6.45) is 3.80. The average Bonchev–Trinajstić information content (AvgIpc) is 3.01. The molecule has 0 saturated heterocycles. The van der Waals surface area contributed by atoms with Crippen LogP contribution in [0.1, 0.15) is 18.4 Å². The van der Waals surface area contributed by atoms with Crippen molar-refractivity contribution < 1.29 is 5.11 Å². The summed E-state index contributed by atoms with van der Waals surface area (Å²) in [6, 6.07) is 8.13. The van der Waals surface area contributed by atoms with Crippen molar-refractivity contribution in [3.05, 3.63) is 29.8 Å². The van der Waals surface area contributed by atoms with Gasteiger partial charge in [-0.25, -0.2) is 0 Å². The zero-order valence-corrected chi connectivity index (χ0v) is 8.53. The lowest BCUT2D eigenvalue weighted by atomic mass is 10.0. The van der Waals surface area contributed by atoms with Crippen molar-refractivity contribution >= 4 is 0 Å². The highest BCUT2D eigenvalue weighted by atomic mass is 16.3. The Hall–Kier alpha value is -1.02. The number of hydrogen-bond acceptors (Lipinski definition) is 2. The molecule has 1 aromatic rings. The van der Waals surface area contributed by atoms with Crippen molar-refractivity contribution in [2.45, 2.75) is 25.3 Å². The SMILES string of the molecule is CNC(Cc1ccc(O)cc1)C1CC1. The molecule has 1 fully saturated rings. The van der Waals surface area contributed by atoms with Crippen molar-refractivity contribution in [2.24, 2.45) is 5.92 Å². The van der Waals surface area contributed by atoms with E-state index in [-0.39, 0.29) is 0 Å². The second-order valence-electron chi connectivity index (χ2n) is 4.10. The maximum atomic E-state index is 9.15. The van der Waals surface area contributed by atoms with Crippen LogP contribution < -0.4 is 5.32 Å². The Morgan fingerprint density at radius 3 is 2.50 bits per heavy atom. The van der Waals surface area contributed by atoms with Gasteiger partial charge in [0.15, 0.2) is 0 Å². The van der Waals surface area contributed by atoms with E-state index in [1.165, 1.54) is 18.4 Å². The third-order valence-corrected chi connectivity index (χ3v) is 2.95. The Morgan fingerprint density at radius 2 is 2.00 bits per heavy atom. The molecular weight excluding hydrogens is 174 g/mol. The van der Waals surface area contributed by atoms with E-state index in [0.29, 0.717) is 11.8 Å². The molecule has 0 aliphatic heterocycles. The Balaban J connectivity index is 1.98. The predicted molar refractivity (Wildman–Crippen MR) is 57.4 cm³/mol. The largest absolute Gasteiger partial charge is 0.508 e. The van der Waals surface area contributed by atoms with Crippen LogP contribution in [-0.4, -0.2) is 18.2 Å². The van der Waals surface area contributed by atoms with Crippen molar-refractivity contribution in [1.82, 2.24) is 5.32 Å². The number of hydrogen-bond donors (Lipinski definition) is 2. The van der Waals surface area contributed by atoms with Crippen LogP contribution in [0.4, 0.5) is 0 Å². The molecule has 2 rings (SSSR count). The first-order valence-electron chi connectivity index (χ1n) is 5.25. The van der Waals surface area contributed by atoms with Gasteiger partial charge in [-0.3, -0.25) is 0 Å². The highest BCUT2D eigenvalue weighted by Gasteiger charge is 2.29. The van der Waals surface area contributed by atoms with Crippen LogP contribution in [-0.2, 0) is 6.42 Å². The molecule has 2 heteroatoms. The summed E-state index contributed by atoms with van der Waals surface area (Å²) in [6.45, 7) is 0. The van der Waals surface area contributed by atoms with E-state index in [0.717, 1.165) is 12.3 Å². The topological polar surface area (TPSA) is 32.3 Å². The van der Waals surface area contributed by atoms with Crippen LogP contribution in [0.15, 0.2) is 24.3 Å². The van der Waals surface area contributed by atoms with Gasteiger partial charge in [0.25, 0.3) is 0 Å². The fraction of sp³-hybridized carbons (Fsp3) is 0.500. The molecule has 0 heterocycles. The third-order valence-electron chi connectivity index (χ3n) is 2.95. The Labute approximate surface area is 85.0 Å². The number of phenols is 1. The standard InChI is InChI=1S/C12H17NO/c1-13-12(10-4-5-10)8-9-2-6-11(14)7-3-9/h2-3,6-7,10,12-14H,4-5,8H2,1H3. The van der Waals surface area contributed by atoms with Crippen LogP contribution >= 0.6 is 0 Å². The first-order valence-corrected chi connectivity index (χ1v) is 5.25. The monoisotopic (exact) mass is 191 g/mol. The number of rotatable bonds is 4. The molecule has 2 N–H and O–H groups in total. The summed E-state index contributed by atoms with van der Waals surface area (Å²) in [4.78, 5) is 0. The number of nitrogens with one attached hydrogen (secondary N) is 1. The average molecular weight is 191 g/mol. The Morgan fingerprint density at radius 1 is 1.36 bits per heavy atom. The van der Waals surface area contributed by atoms with Crippen LogP contribution in [0, 0.1) is 5.92 Å². The molecule has 1 unspecified atom stereocenters. The normalized spacial score (nSPS) is 18.1. The van der Waals surface area contributed by atoms with Crippen molar-refractivity contribution in [3.63, 3.8) is 0 Å². The zero-order valence-electron chi connectivity index (χ0n) is 8.53. The van der Waals surface area contributed by atoms with E-state index in [4.69, 9.17) is 5.11 Å². The minimum absolute atomic E-state index is 0.348. The summed E-state index contributed by atoms with van der Waals surface area (Å²) >= 11 is 0. The fourth-order valence-electron chi connectivity index (χ4n) is 1.89. The van der Waals surface area contributed by atoms with E-state index < -0.39 is 0 Å². The van der Waals surface area contributed by atoms with Gasteiger partial charge in [-0.1, -0.05) is 12.1 Å². The molecule has 0 spiro atoms. The van der Waals surface area contributed by atoms with Gasteiger partial charge in [0, 0.05) is 6.04 Å². The lowest BCUT2D eigenvalue weighted by molar-refractivity contribution is 0.473. The fourth-order valence-corrected chi connectivity index (χ4v) is 1.89. The first-order chi connectivity index (χ1) is 6.79. The third kappa shape index (κ3) is 2.26. The molecule has 14 heavy (non-hydrogen) atoms. The van der Waals surface area contributed by atoms with E-state index in [2.05, 4.69) is 5.32 Å². The lowest BCUT2D eigenvalue weighted by Gasteiger charge is -2.15. The van der Waals surface area contributed by atoms with Gasteiger partial charge >= 0.3 is 0 Å². The van der Waals surface area contributed by atoms with E-state index in [1.807, 2.05) is 19.2 Å². The number of aromatic hydroxyl groups is 1. The predicted octanol–water partition coefficient (Wildman–Crippen LogP) is 1.93. The van der Waals surface area contributed by atoms with Crippen molar-refractivity contribution in [3.8, 4) is 5.75 Å². The van der Waals surface area contributed by atoms with Crippen LogP contribution in [0.3, 0.4) is 0 Å². The second-order valence-corrected chi connectivity index (χ2v) is 4.10. The maximum Gasteiger partial charge on any atom is 0.115 e. The minimum atomic E-state index is 0.348. The molecule has 1 saturated carbocycles. The zero-order chi connectivity index (χ0) is 9.97. The van der Waals surface area contributed by atoms with Crippen LogP contribution in [0.2, 0.25) is 0 Å². The van der Waals surface area contributed by atoms with Gasteiger partial charge in [0.1, 0.15) is 5.75 Å². The van der Waals surface area contributed by atoms with Crippen LogP contribution in [0.25, 0.3) is 0 Å². The molecule has 1 aliphatic rings. The van der Waals surface area contributed by atoms with Gasteiger partial charge < -0.3 is 10.4 Å². The molecule has 0 radical (unpaired) electrons. The summed E-state index contributed by atoms with van der Waals surface area (Å²) in [7, 11) is 2.03. The quantitative estimate of drug-likeness (QED) is 0.762. The van der Waals surface area contributed by atoms with Crippen molar-refractivity contribution in [2.75, 3.05) is 7.05 Å². The first kappa shape index (κ1) is 9.53. The van der Waals surface area contributed by atoms with E-state index in [1.54, 1.807) is 12.1 Å². The van der Waals surface area contributed by atoms with Gasteiger partial charge in [-0.05, 0) is 49.9 Å². The molecular formula is C12H17NO. The smallest absolute Gasteiger partial charge is 0.115 e. The number of phenolic OH excluding ortho intramolecular Hbond substituents is 1. The maximum absolute atomic E-state index is 9.15. The Bertz CT molecular complexity index is 290. The summed E-state index contributed by atoms with van der Waals surface area (Å²) < 4.78 is 0. The summed E-state index contributed by atoms with van der Waals surface area (Å²) in [5.41, 5.74) is 1.30. The molecule has 0 amide bonds. The molecule has 0 aromatic heterocycles. The summed E-state index contributed by atoms with van der Waals surface area (Å²) in [5.74, 6) is 1.22. The molecule has 1 atom stereocenters. The molecule has 0 bridgehead atoms. The van der Waals surface area contributed by atoms with Gasteiger partial charge in [0.2, 0.25) is 0 Å². The molecule has 1 aromatic carbocycles. The number of benzene rings is 1. The van der Waals surface area contributed by atoms with Gasteiger partial charge in [-0.15, -0.1) is 0 Å². The lowest BCUT2D eigenvalue weighted by Crippen LogP contribution is -2.29. The molecule has 76 valence electrons. The summed E-state index contributed by atoms with van der Waals surface area (Å²) in [5, 5.41) is 12.5. The van der Waals surface area contributed by atoms with Crippen LogP contribution in [0.5, 0.6) is 5.75 Å². The second kappa shape index (κ2) is 4.01. The van der Waals surface area contributed by atoms with Gasteiger partial charge in [0.05, 0.1) is 0 Å². The number of likely N-dealkylation sites (N-methyl/N-ethyl adjacent to an activating group) is 1. The highest BCUT2D eigenvalue weighted by Crippen LogP contribution is 2.33. The van der Waals surface area contributed by atoms with Gasteiger partial charge in [-0.2, -0.15) is 0 Å². The Kier molecular flexibility index (Phi) is 2.73. The molecule has 2 nitrogen and oxygen atoms in total. The van der Waals surface area contributed by atoms with E-state index in [9.17, 15) is 0 Å². The highest BCUT2D eigenvalue weighted by molar-refractivity contribution is 5.26. The van der Waals surface area contributed by atoms with E-state index >= 15 is 0 Å². The minimum Gasteiger partial charge on any atom is -0.508 e. The molecule has 1 aliphatic carbocycles.